The quantitative estimate of drug-likeness (QED) is 0.810. The van der Waals surface area contributed by atoms with Gasteiger partial charge in [0.25, 0.3) is 0 Å². The second kappa shape index (κ2) is 7.83. The van der Waals surface area contributed by atoms with E-state index in [1.165, 1.54) is 4.88 Å². The fourth-order valence-corrected chi connectivity index (χ4v) is 2.79. The van der Waals surface area contributed by atoms with Crippen molar-refractivity contribution in [3.8, 4) is 5.75 Å². The maximum absolute atomic E-state index is 5.55. The maximum Gasteiger partial charge on any atom is 0.204 e. The summed E-state index contributed by atoms with van der Waals surface area (Å²) >= 11 is 1.75. The molecule has 0 unspecified atom stereocenters. The van der Waals surface area contributed by atoms with E-state index in [-0.39, 0.29) is 0 Å². The van der Waals surface area contributed by atoms with Crippen LogP contribution in [0.15, 0.2) is 23.8 Å². The summed E-state index contributed by atoms with van der Waals surface area (Å²) in [4.78, 5) is 12.2. The van der Waals surface area contributed by atoms with E-state index in [1.807, 2.05) is 0 Å². The topological polar surface area (TPSA) is 50.3 Å². The van der Waals surface area contributed by atoms with Gasteiger partial charge in [0.2, 0.25) is 5.75 Å². The highest BCUT2D eigenvalue weighted by molar-refractivity contribution is 7.09. The predicted molar refractivity (Wildman–Crippen MR) is 88.4 cm³/mol. The second-order valence-corrected chi connectivity index (χ2v) is 5.63. The van der Waals surface area contributed by atoms with Crippen LogP contribution in [0.5, 0.6) is 5.75 Å². The van der Waals surface area contributed by atoms with Gasteiger partial charge in [0.15, 0.2) is 11.6 Å². The number of methoxy groups -OCH3 is 1. The molecule has 21 heavy (non-hydrogen) atoms. The number of aromatic nitrogens is 2. The number of hydrogen-bond donors (Lipinski definition) is 1. The fourth-order valence-electron chi connectivity index (χ4n) is 2.07. The SMILES string of the molecule is CCCNc1ncnc(N(CC)Cc2cccs2)c1OC. The maximum atomic E-state index is 5.55. The Morgan fingerprint density at radius 3 is 2.81 bits per heavy atom. The molecule has 2 aromatic rings. The van der Waals surface area contributed by atoms with Gasteiger partial charge < -0.3 is 15.0 Å². The van der Waals surface area contributed by atoms with Gasteiger partial charge in [-0.05, 0) is 24.8 Å². The van der Waals surface area contributed by atoms with E-state index in [9.17, 15) is 0 Å². The van der Waals surface area contributed by atoms with Crippen LogP contribution in [0.4, 0.5) is 11.6 Å². The van der Waals surface area contributed by atoms with Gasteiger partial charge in [-0.25, -0.2) is 9.97 Å². The van der Waals surface area contributed by atoms with Gasteiger partial charge in [-0.1, -0.05) is 13.0 Å². The Hall–Kier alpha value is -1.82. The first kappa shape index (κ1) is 15.6. The molecule has 0 amide bonds. The highest BCUT2D eigenvalue weighted by Gasteiger charge is 2.17. The molecule has 0 atom stereocenters. The van der Waals surface area contributed by atoms with Gasteiger partial charge >= 0.3 is 0 Å². The molecule has 2 aromatic heterocycles. The number of rotatable bonds is 8. The second-order valence-electron chi connectivity index (χ2n) is 4.60. The van der Waals surface area contributed by atoms with Gasteiger partial charge in [0.05, 0.1) is 13.7 Å². The molecule has 2 heterocycles. The molecule has 0 fully saturated rings. The minimum absolute atomic E-state index is 0.712. The summed E-state index contributed by atoms with van der Waals surface area (Å²) in [7, 11) is 1.66. The Kier molecular flexibility index (Phi) is 5.80. The van der Waals surface area contributed by atoms with Crippen LogP contribution in [0.3, 0.4) is 0 Å². The Morgan fingerprint density at radius 1 is 1.33 bits per heavy atom. The minimum atomic E-state index is 0.712. The van der Waals surface area contributed by atoms with E-state index in [0.717, 1.165) is 37.7 Å². The monoisotopic (exact) mass is 306 g/mol. The molecule has 0 saturated heterocycles. The van der Waals surface area contributed by atoms with Crippen molar-refractivity contribution < 1.29 is 4.74 Å². The zero-order valence-electron chi connectivity index (χ0n) is 12.8. The molecule has 0 aromatic carbocycles. The first-order chi connectivity index (χ1) is 10.3. The van der Waals surface area contributed by atoms with Gasteiger partial charge in [0.1, 0.15) is 6.33 Å². The van der Waals surface area contributed by atoms with Crippen LogP contribution < -0.4 is 15.0 Å². The zero-order valence-corrected chi connectivity index (χ0v) is 13.6. The third-order valence-electron chi connectivity index (χ3n) is 3.14. The van der Waals surface area contributed by atoms with Gasteiger partial charge in [0, 0.05) is 18.0 Å². The molecule has 0 aliphatic heterocycles. The highest BCUT2D eigenvalue weighted by atomic mass is 32.1. The summed E-state index contributed by atoms with van der Waals surface area (Å²) < 4.78 is 5.55. The van der Waals surface area contributed by atoms with Crippen molar-refractivity contribution in [3.63, 3.8) is 0 Å². The van der Waals surface area contributed by atoms with Gasteiger partial charge in [-0.15, -0.1) is 11.3 Å². The molecular weight excluding hydrogens is 284 g/mol. The number of nitrogens with zero attached hydrogens (tertiary/aromatic N) is 3. The lowest BCUT2D eigenvalue weighted by molar-refractivity contribution is 0.412. The lowest BCUT2D eigenvalue weighted by atomic mass is 10.3. The fraction of sp³-hybridized carbons (Fsp3) is 0.467. The average Bonchev–Trinajstić information content (AvgIpc) is 3.03. The number of thiophene rings is 1. The normalized spacial score (nSPS) is 10.4. The van der Waals surface area contributed by atoms with Crippen molar-refractivity contribution in [2.45, 2.75) is 26.8 Å². The van der Waals surface area contributed by atoms with Crippen molar-refractivity contribution in [2.24, 2.45) is 0 Å². The van der Waals surface area contributed by atoms with Crippen molar-refractivity contribution in [3.05, 3.63) is 28.7 Å². The molecule has 6 heteroatoms. The van der Waals surface area contributed by atoms with E-state index in [4.69, 9.17) is 4.74 Å². The first-order valence-corrected chi connectivity index (χ1v) is 8.08. The van der Waals surface area contributed by atoms with Gasteiger partial charge in [-0.3, -0.25) is 0 Å². The van der Waals surface area contributed by atoms with Crippen LogP contribution in [0.1, 0.15) is 25.1 Å². The Balaban J connectivity index is 2.27. The Morgan fingerprint density at radius 2 is 2.19 bits per heavy atom. The molecule has 0 aliphatic carbocycles. The molecule has 0 bridgehead atoms. The van der Waals surface area contributed by atoms with Crippen molar-refractivity contribution >= 4 is 23.0 Å². The van der Waals surface area contributed by atoms with Crippen LogP contribution in [0.25, 0.3) is 0 Å². The standard InChI is InChI=1S/C15H22N4OS/c1-4-8-16-14-13(20-3)15(18-11-17-14)19(5-2)10-12-7-6-9-21-12/h6-7,9,11H,4-5,8,10H2,1-3H3,(H,16,17,18). The van der Waals surface area contributed by atoms with E-state index in [2.05, 4.69) is 51.5 Å². The van der Waals surface area contributed by atoms with Crippen LogP contribution in [-0.2, 0) is 6.54 Å². The van der Waals surface area contributed by atoms with Crippen molar-refractivity contribution in [1.29, 1.82) is 0 Å². The first-order valence-electron chi connectivity index (χ1n) is 7.20. The third-order valence-corrected chi connectivity index (χ3v) is 4.00. The molecule has 0 saturated carbocycles. The van der Waals surface area contributed by atoms with E-state index in [1.54, 1.807) is 24.8 Å². The zero-order chi connectivity index (χ0) is 15.1. The summed E-state index contributed by atoms with van der Waals surface area (Å²) in [5.41, 5.74) is 0. The van der Waals surface area contributed by atoms with Crippen molar-refractivity contribution in [1.82, 2.24) is 9.97 Å². The lowest BCUT2D eigenvalue weighted by Crippen LogP contribution is -2.24. The largest absolute Gasteiger partial charge is 0.490 e. The molecule has 2 rings (SSSR count). The summed E-state index contributed by atoms with van der Waals surface area (Å²) in [6, 6.07) is 4.20. The van der Waals surface area contributed by atoms with Crippen molar-refractivity contribution in [2.75, 3.05) is 30.4 Å². The summed E-state index contributed by atoms with van der Waals surface area (Å²) in [6.45, 7) is 6.79. The minimum Gasteiger partial charge on any atom is -0.490 e. The van der Waals surface area contributed by atoms with Gasteiger partial charge in [-0.2, -0.15) is 0 Å². The molecule has 114 valence electrons. The molecule has 1 N–H and O–H groups in total. The smallest absolute Gasteiger partial charge is 0.204 e. The van der Waals surface area contributed by atoms with Crippen LogP contribution in [0, 0.1) is 0 Å². The molecular formula is C15H22N4OS. The van der Waals surface area contributed by atoms with Crippen LogP contribution in [0.2, 0.25) is 0 Å². The van der Waals surface area contributed by atoms with Crippen LogP contribution >= 0.6 is 11.3 Å². The Bertz CT molecular complexity index is 545. The third kappa shape index (κ3) is 3.85. The average molecular weight is 306 g/mol. The molecule has 0 aliphatic rings. The lowest BCUT2D eigenvalue weighted by Gasteiger charge is -2.24. The number of nitrogens with one attached hydrogen (secondary N) is 1. The van der Waals surface area contributed by atoms with E-state index < -0.39 is 0 Å². The number of hydrogen-bond acceptors (Lipinski definition) is 6. The predicted octanol–water partition coefficient (Wildman–Crippen LogP) is 3.40. The molecule has 0 spiro atoms. The summed E-state index contributed by atoms with van der Waals surface area (Å²) in [6.07, 6.45) is 2.63. The van der Waals surface area contributed by atoms with E-state index in [0.29, 0.717) is 5.75 Å². The summed E-state index contributed by atoms with van der Waals surface area (Å²) in [5, 5.41) is 5.38. The Labute approximate surface area is 130 Å². The number of ether oxygens (including phenoxy) is 1. The van der Waals surface area contributed by atoms with Crippen LogP contribution in [-0.4, -0.2) is 30.2 Å². The molecule has 5 nitrogen and oxygen atoms in total. The van der Waals surface area contributed by atoms with E-state index >= 15 is 0 Å². The summed E-state index contributed by atoms with van der Waals surface area (Å²) in [5.74, 6) is 2.31. The number of anilines is 2. The highest BCUT2D eigenvalue weighted by Crippen LogP contribution is 2.32. The molecule has 0 radical (unpaired) electrons.